The van der Waals surface area contributed by atoms with Crippen LogP contribution in [0.1, 0.15) is 45.2 Å². The lowest BCUT2D eigenvalue weighted by Gasteiger charge is -2.26. The molecule has 5 heteroatoms. The second-order valence-electron chi connectivity index (χ2n) is 8.03. The molecule has 3 nitrogen and oxygen atoms in total. The molecule has 0 radical (unpaired) electrons. The summed E-state index contributed by atoms with van der Waals surface area (Å²) in [5.41, 5.74) is 6.41. The molecule has 0 saturated heterocycles. The monoisotopic (exact) mass is 568 g/mol. The van der Waals surface area contributed by atoms with Gasteiger partial charge in [-0.25, -0.2) is 0 Å². The Morgan fingerprint density at radius 3 is 2.31 bits per heavy atom. The quantitative estimate of drug-likeness (QED) is 0.186. The molecule has 0 amide bonds. The van der Waals surface area contributed by atoms with E-state index in [4.69, 9.17) is 16.3 Å². The van der Waals surface area contributed by atoms with Gasteiger partial charge in [-0.3, -0.25) is 0 Å². The fraction of sp³-hybridized carbons (Fsp3) is 0.290. The number of halogens is 2. The van der Waals surface area contributed by atoms with Crippen molar-refractivity contribution in [2.45, 2.75) is 47.0 Å². The molecule has 0 spiro atoms. The molecular formula is C31H34BrClO3. The van der Waals surface area contributed by atoms with Crippen LogP contribution in [0.3, 0.4) is 0 Å². The van der Waals surface area contributed by atoms with Crippen LogP contribution in [0, 0.1) is 0 Å². The van der Waals surface area contributed by atoms with E-state index in [0.29, 0.717) is 11.6 Å². The number of fused-ring (bicyclic) bond motifs is 4. The number of phenols is 2. The van der Waals surface area contributed by atoms with Gasteiger partial charge in [-0.2, -0.15) is 0 Å². The molecule has 0 atom stereocenters. The van der Waals surface area contributed by atoms with Crippen LogP contribution in [0.5, 0.6) is 17.2 Å². The van der Waals surface area contributed by atoms with Gasteiger partial charge in [-0.15, -0.1) is 0 Å². The molecule has 190 valence electrons. The molecule has 0 unspecified atom stereocenters. The molecule has 0 bridgehead atoms. The Balaban J connectivity index is 0.000000861. The molecule has 36 heavy (non-hydrogen) atoms. The Morgan fingerprint density at radius 1 is 0.833 bits per heavy atom. The summed E-state index contributed by atoms with van der Waals surface area (Å²) in [5.74, 6) is 1.30. The smallest absolute Gasteiger partial charge is 0.119 e. The lowest BCUT2D eigenvalue weighted by molar-refractivity contribution is 0.319. The molecule has 0 aliphatic heterocycles. The minimum absolute atomic E-state index is 0.209. The van der Waals surface area contributed by atoms with Crippen molar-refractivity contribution >= 4 is 38.3 Å². The van der Waals surface area contributed by atoms with Crippen LogP contribution in [0.25, 0.3) is 33.0 Å². The summed E-state index contributed by atoms with van der Waals surface area (Å²) < 4.78 is 5.95. The van der Waals surface area contributed by atoms with Crippen LogP contribution in [-0.4, -0.2) is 22.2 Å². The number of phenolic OH excluding ortho intramolecular Hbond substituents is 2. The minimum atomic E-state index is 0.209. The van der Waals surface area contributed by atoms with Crippen molar-refractivity contribution in [2.24, 2.45) is 0 Å². The standard InChI is InChI=1S/C27H22BrClO3.2C2H6/c28-11-2-12-32-20-4-1-3-17(14-20)25-23-8-5-16-13-18(30)6-9-21(16)26(23)27(29)22-10-7-19(31)15-24(22)25;2*1-2/h1,3-4,6-7,9-10,13-15,30-31H,2,5,8,11-12H2;2*1-2H3. The average molecular weight is 570 g/mol. The minimum Gasteiger partial charge on any atom is -0.508 e. The number of hydrogen-bond acceptors (Lipinski definition) is 3. The van der Waals surface area contributed by atoms with E-state index in [0.717, 1.165) is 74.5 Å². The maximum Gasteiger partial charge on any atom is 0.119 e. The van der Waals surface area contributed by atoms with Gasteiger partial charge in [0.15, 0.2) is 0 Å². The van der Waals surface area contributed by atoms with Crippen molar-refractivity contribution < 1.29 is 14.9 Å². The van der Waals surface area contributed by atoms with Crippen LogP contribution >= 0.6 is 27.5 Å². The predicted molar refractivity (Wildman–Crippen MR) is 157 cm³/mol. The lowest BCUT2D eigenvalue weighted by Crippen LogP contribution is -2.07. The van der Waals surface area contributed by atoms with E-state index in [1.54, 1.807) is 18.2 Å². The molecular weight excluding hydrogens is 536 g/mol. The highest BCUT2D eigenvalue weighted by molar-refractivity contribution is 9.09. The normalized spacial score (nSPS) is 11.4. The Morgan fingerprint density at radius 2 is 1.56 bits per heavy atom. The molecule has 1 aliphatic rings. The van der Waals surface area contributed by atoms with Crippen LogP contribution in [-0.2, 0) is 12.8 Å². The number of hydrogen-bond donors (Lipinski definition) is 2. The predicted octanol–water partition coefficient (Wildman–Crippen LogP) is 9.55. The van der Waals surface area contributed by atoms with Gasteiger partial charge in [0.25, 0.3) is 0 Å². The summed E-state index contributed by atoms with van der Waals surface area (Å²) in [7, 11) is 0. The van der Waals surface area contributed by atoms with Crippen molar-refractivity contribution in [1.82, 2.24) is 0 Å². The lowest BCUT2D eigenvalue weighted by atomic mass is 9.79. The number of alkyl halides is 1. The molecule has 0 fully saturated rings. The van der Waals surface area contributed by atoms with Crippen molar-refractivity contribution in [3.63, 3.8) is 0 Å². The van der Waals surface area contributed by atoms with E-state index in [1.807, 2.05) is 58.0 Å². The molecule has 4 aromatic rings. The number of benzene rings is 4. The van der Waals surface area contributed by atoms with Gasteiger partial charge in [0.1, 0.15) is 17.2 Å². The van der Waals surface area contributed by atoms with Crippen molar-refractivity contribution in [1.29, 1.82) is 0 Å². The third-order valence-corrected chi connectivity index (χ3v) is 6.96. The molecule has 1 aliphatic carbocycles. The second kappa shape index (κ2) is 13.0. The Bertz CT molecular complexity index is 1330. The van der Waals surface area contributed by atoms with E-state index in [1.165, 1.54) is 0 Å². The third-order valence-electron chi connectivity index (χ3n) is 6.00. The number of ether oxygens (including phenoxy) is 1. The first-order valence-corrected chi connectivity index (χ1v) is 14.2. The first-order chi connectivity index (χ1) is 17.6. The van der Waals surface area contributed by atoms with Gasteiger partial charge in [-0.1, -0.05) is 73.4 Å². The average Bonchev–Trinajstić information content (AvgIpc) is 2.91. The second-order valence-corrected chi connectivity index (χ2v) is 9.20. The van der Waals surface area contributed by atoms with E-state index in [-0.39, 0.29) is 11.5 Å². The van der Waals surface area contributed by atoms with Gasteiger partial charge in [0.05, 0.1) is 11.6 Å². The number of aromatic hydroxyl groups is 2. The van der Waals surface area contributed by atoms with Gasteiger partial charge in [0.2, 0.25) is 0 Å². The first-order valence-electron chi connectivity index (χ1n) is 12.7. The SMILES string of the molecule is CC.CC.Oc1ccc2c(c1)CCc1c-2c(Cl)c2ccc(O)cc2c1-c1cccc(OCCCBr)c1. The van der Waals surface area contributed by atoms with Gasteiger partial charge >= 0.3 is 0 Å². The topological polar surface area (TPSA) is 49.7 Å². The Hall–Kier alpha value is -2.69. The van der Waals surface area contributed by atoms with Crippen LogP contribution in [0.15, 0.2) is 60.7 Å². The Kier molecular flexibility index (Phi) is 10.1. The van der Waals surface area contributed by atoms with E-state index >= 15 is 0 Å². The van der Waals surface area contributed by atoms with Crippen molar-refractivity contribution in [3.05, 3.63) is 76.8 Å². The molecule has 2 N–H and O–H groups in total. The van der Waals surface area contributed by atoms with Crippen LogP contribution in [0.2, 0.25) is 5.02 Å². The fourth-order valence-corrected chi connectivity index (χ4v) is 5.23. The maximum atomic E-state index is 10.3. The summed E-state index contributed by atoms with van der Waals surface area (Å²) in [6.07, 6.45) is 2.54. The Labute approximate surface area is 227 Å². The molecule has 4 aromatic carbocycles. The van der Waals surface area contributed by atoms with E-state index in [2.05, 4.69) is 28.1 Å². The van der Waals surface area contributed by atoms with Gasteiger partial charge < -0.3 is 14.9 Å². The largest absolute Gasteiger partial charge is 0.508 e. The summed E-state index contributed by atoms with van der Waals surface area (Å²) >= 11 is 10.4. The van der Waals surface area contributed by atoms with Crippen molar-refractivity contribution in [2.75, 3.05) is 11.9 Å². The number of aryl methyl sites for hydroxylation is 1. The molecule has 5 rings (SSSR count). The summed E-state index contributed by atoms with van der Waals surface area (Å²) in [6, 6.07) is 18.9. The van der Waals surface area contributed by atoms with Crippen LogP contribution in [0.4, 0.5) is 0 Å². The highest BCUT2D eigenvalue weighted by Crippen LogP contribution is 2.49. The fourth-order valence-electron chi connectivity index (χ4n) is 4.62. The van der Waals surface area contributed by atoms with Gasteiger partial charge in [-0.05, 0) is 94.9 Å². The first kappa shape index (κ1) is 27.9. The van der Waals surface area contributed by atoms with Gasteiger partial charge in [0, 0.05) is 16.3 Å². The molecule has 0 heterocycles. The number of rotatable bonds is 5. The zero-order valence-corrected chi connectivity index (χ0v) is 23.7. The molecule has 0 aromatic heterocycles. The zero-order valence-electron chi connectivity index (χ0n) is 21.4. The summed E-state index contributed by atoms with van der Waals surface area (Å²) in [5, 5.41) is 23.7. The maximum absolute atomic E-state index is 10.3. The molecule has 0 saturated carbocycles. The zero-order chi connectivity index (χ0) is 26.2. The summed E-state index contributed by atoms with van der Waals surface area (Å²) in [4.78, 5) is 0. The highest BCUT2D eigenvalue weighted by Gasteiger charge is 2.26. The van der Waals surface area contributed by atoms with E-state index < -0.39 is 0 Å². The van der Waals surface area contributed by atoms with E-state index in [9.17, 15) is 10.2 Å². The van der Waals surface area contributed by atoms with Crippen LogP contribution < -0.4 is 4.74 Å². The van der Waals surface area contributed by atoms with Crippen molar-refractivity contribution in [3.8, 4) is 39.5 Å². The third kappa shape index (κ3) is 5.66. The summed E-state index contributed by atoms with van der Waals surface area (Å²) in [6.45, 7) is 8.64. The highest BCUT2D eigenvalue weighted by atomic mass is 79.9.